The Morgan fingerprint density at radius 3 is 2.67 bits per heavy atom. The SMILES string of the molecule is Cc1nc(CN2CCN(C(=O)c3nnc(Cl)s3)CC2)cs1. The molecule has 0 unspecified atom stereocenters. The largest absolute Gasteiger partial charge is 0.334 e. The second-order valence-electron chi connectivity index (χ2n) is 4.79. The van der Waals surface area contributed by atoms with Crippen molar-refractivity contribution in [3.05, 3.63) is 25.6 Å². The Hall–Kier alpha value is -1.09. The van der Waals surface area contributed by atoms with Crippen LogP contribution in [0.25, 0.3) is 0 Å². The van der Waals surface area contributed by atoms with Crippen molar-refractivity contribution >= 4 is 40.2 Å². The molecule has 1 aliphatic heterocycles. The molecule has 1 fully saturated rings. The van der Waals surface area contributed by atoms with E-state index in [0.29, 0.717) is 22.6 Å². The predicted octanol–water partition coefficient (Wildman–Crippen LogP) is 1.91. The van der Waals surface area contributed by atoms with E-state index in [2.05, 4.69) is 25.5 Å². The summed E-state index contributed by atoms with van der Waals surface area (Å²) < 4.78 is 0.302. The molecule has 2 aromatic heterocycles. The lowest BCUT2D eigenvalue weighted by atomic mass is 10.3. The Morgan fingerprint density at radius 1 is 1.33 bits per heavy atom. The van der Waals surface area contributed by atoms with Gasteiger partial charge in [0.2, 0.25) is 9.47 Å². The summed E-state index contributed by atoms with van der Waals surface area (Å²) in [4.78, 5) is 20.8. The Kier molecular flexibility index (Phi) is 4.48. The van der Waals surface area contributed by atoms with Gasteiger partial charge in [-0.15, -0.1) is 21.5 Å². The van der Waals surface area contributed by atoms with Gasteiger partial charge >= 0.3 is 0 Å². The van der Waals surface area contributed by atoms with Crippen LogP contribution in [0.5, 0.6) is 0 Å². The monoisotopic (exact) mass is 343 g/mol. The molecule has 0 N–H and O–H groups in total. The summed E-state index contributed by atoms with van der Waals surface area (Å²) >= 11 is 8.51. The molecular formula is C12H14ClN5OS2. The van der Waals surface area contributed by atoms with E-state index in [1.54, 1.807) is 16.2 Å². The van der Waals surface area contributed by atoms with Gasteiger partial charge in [-0.05, 0) is 18.5 Å². The predicted molar refractivity (Wildman–Crippen MR) is 83.0 cm³/mol. The van der Waals surface area contributed by atoms with E-state index in [-0.39, 0.29) is 5.91 Å². The highest BCUT2D eigenvalue weighted by molar-refractivity contribution is 7.17. The van der Waals surface area contributed by atoms with Crippen LogP contribution in [0.15, 0.2) is 5.38 Å². The second-order valence-corrected chi connectivity index (χ2v) is 7.41. The van der Waals surface area contributed by atoms with Gasteiger partial charge in [0.1, 0.15) is 0 Å². The van der Waals surface area contributed by atoms with Gasteiger partial charge in [0.25, 0.3) is 5.91 Å². The van der Waals surface area contributed by atoms with E-state index >= 15 is 0 Å². The third-order valence-electron chi connectivity index (χ3n) is 3.29. The number of aromatic nitrogens is 3. The Morgan fingerprint density at radius 2 is 2.10 bits per heavy atom. The minimum Gasteiger partial charge on any atom is -0.334 e. The summed E-state index contributed by atoms with van der Waals surface area (Å²) in [5, 5.41) is 11.0. The molecular weight excluding hydrogens is 330 g/mol. The minimum absolute atomic E-state index is 0.0800. The smallest absolute Gasteiger partial charge is 0.284 e. The minimum atomic E-state index is -0.0800. The van der Waals surface area contributed by atoms with Crippen molar-refractivity contribution in [2.45, 2.75) is 13.5 Å². The summed E-state index contributed by atoms with van der Waals surface area (Å²) in [5.41, 5.74) is 1.10. The average molecular weight is 344 g/mol. The fourth-order valence-corrected chi connectivity index (χ4v) is 3.65. The number of nitrogens with zero attached hydrogens (tertiary/aromatic N) is 5. The molecule has 6 nitrogen and oxygen atoms in total. The standard InChI is InChI=1S/C12H14ClN5OS2/c1-8-14-9(7-20-8)6-17-2-4-18(5-3-17)11(19)10-15-16-12(13)21-10/h7H,2-6H2,1H3. The average Bonchev–Trinajstić information content (AvgIpc) is 3.08. The van der Waals surface area contributed by atoms with Crippen molar-refractivity contribution in [2.24, 2.45) is 0 Å². The number of piperazine rings is 1. The van der Waals surface area contributed by atoms with E-state index in [9.17, 15) is 4.79 Å². The topological polar surface area (TPSA) is 62.2 Å². The van der Waals surface area contributed by atoms with E-state index in [0.717, 1.165) is 41.7 Å². The van der Waals surface area contributed by atoms with Crippen molar-refractivity contribution in [3.63, 3.8) is 0 Å². The lowest BCUT2D eigenvalue weighted by Crippen LogP contribution is -2.48. The highest BCUT2D eigenvalue weighted by atomic mass is 35.5. The fourth-order valence-electron chi connectivity index (χ4n) is 2.25. The molecule has 1 aliphatic rings. The first-order valence-electron chi connectivity index (χ1n) is 6.53. The molecule has 3 heterocycles. The number of carbonyl (C=O) groups excluding carboxylic acids is 1. The number of hydrogen-bond acceptors (Lipinski definition) is 7. The van der Waals surface area contributed by atoms with Gasteiger partial charge in [-0.1, -0.05) is 11.3 Å². The summed E-state index contributed by atoms with van der Waals surface area (Å²) in [5.74, 6) is -0.0800. The number of amides is 1. The van der Waals surface area contributed by atoms with Crippen LogP contribution in [0.1, 0.15) is 20.5 Å². The van der Waals surface area contributed by atoms with Crippen molar-refractivity contribution in [2.75, 3.05) is 26.2 Å². The van der Waals surface area contributed by atoms with Crippen molar-refractivity contribution < 1.29 is 4.79 Å². The molecule has 2 aromatic rings. The molecule has 0 spiro atoms. The molecule has 0 saturated carbocycles. The van der Waals surface area contributed by atoms with Gasteiger partial charge in [-0.3, -0.25) is 9.69 Å². The number of hydrogen-bond donors (Lipinski definition) is 0. The molecule has 0 radical (unpaired) electrons. The van der Waals surface area contributed by atoms with Crippen LogP contribution < -0.4 is 0 Å². The highest BCUT2D eigenvalue weighted by Crippen LogP contribution is 2.18. The van der Waals surface area contributed by atoms with Crippen LogP contribution in [0.2, 0.25) is 4.47 Å². The number of aryl methyl sites for hydroxylation is 1. The van der Waals surface area contributed by atoms with Gasteiger partial charge in [-0.25, -0.2) is 4.98 Å². The molecule has 112 valence electrons. The van der Waals surface area contributed by atoms with Crippen molar-refractivity contribution in [1.29, 1.82) is 0 Å². The zero-order chi connectivity index (χ0) is 14.8. The summed E-state index contributed by atoms with van der Waals surface area (Å²) in [6.45, 7) is 5.93. The zero-order valence-electron chi connectivity index (χ0n) is 11.5. The highest BCUT2D eigenvalue weighted by Gasteiger charge is 2.24. The van der Waals surface area contributed by atoms with Crippen LogP contribution >= 0.6 is 34.3 Å². The Balaban J connectivity index is 1.54. The molecule has 9 heteroatoms. The van der Waals surface area contributed by atoms with Crippen LogP contribution in [-0.4, -0.2) is 57.1 Å². The quantitative estimate of drug-likeness (QED) is 0.852. The molecule has 0 atom stereocenters. The van der Waals surface area contributed by atoms with E-state index in [1.807, 2.05) is 6.92 Å². The van der Waals surface area contributed by atoms with E-state index < -0.39 is 0 Å². The molecule has 3 rings (SSSR count). The van der Waals surface area contributed by atoms with E-state index in [1.165, 1.54) is 0 Å². The third-order valence-corrected chi connectivity index (χ3v) is 5.12. The Bertz CT molecular complexity index is 635. The molecule has 21 heavy (non-hydrogen) atoms. The molecule has 1 amide bonds. The fraction of sp³-hybridized carbons (Fsp3) is 0.500. The Labute approximate surface area is 135 Å². The lowest BCUT2D eigenvalue weighted by Gasteiger charge is -2.33. The van der Waals surface area contributed by atoms with Gasteiger partial charge in [0.05, 0.1) is 10.7 Å². The van der Waals surface area contributed by atoms with Crippen LogP contribution in [0.3, 0.4) is 0 Å². The molecule has 0 aromatic carbocycles. The first-order chi connectivity index (χ1) is 10.1. The van der Waals surface area contributed by atoms with Crippen molar-refractivity contribution in [3.8, 4) is 0 Å². The second kappa shape index (κ2) is 6.35. The van der Waals surface area contributed by atoms with Gasteiger partial charge in [-0.2, -0.15) is 0 Å². The van der Waals surface area contributed by atoms with Gasteiger partial charge in [0.15, 0.2) is 0 Å². The number of carbonyl (C=O) groups is 1. The number of halogens is 1. The number of rotatable bonds is 3. The maximum absolute atomic E-state index is 12.2. The van der Waals surface area contributed by atoms with Gasteiger partial charge in [0, 0.05) is 38.1 Å². The lowest BCUT2D eigenvalue weighted by molar-refractivity contribution is 0.0626. The van der Waals surface area contributed by atoms with Crippen LogP contribution in [0, 0.1) is 6.92 Å². The molecule has 1 saturated heterocycles. The number of thiazole rings is 1. The first-order valence-corrected chi connectivity index (χ1v) is 8.61. The summed E-state index contributed by atoms with van der Waals surface area (Å²) in [6, 6.07) is 0. The normalized spacial score (nSPS) is 16.4. The van der Waals surface area contributed by atoms with E-state index in [4.69, 9.17) is 11.6 Å². The van der Waals surface area contributed by atoms with Crippen LogP contribution in [0.4, 0.5) is 0 Å². The first kappa shape index (κ1) is 14.8. The van der Waals surface area contributed by atoms with Crippen LogP contribution in [-0.2, 0) is 6.54 Å². The van der Waals surface area contributed by atoms with Gasteiger partial charge < -0.3 is 4.90 Å². The zero-order valence-corrected chi connectivity index (χ0v) is 13.8. The summed E-state index contributed by atoms with van der Waals surface area (Å²) in [7, 11) is 0. The maximum Gasteiger partial charge on any atom is 0.284 e. The summed E-state index contributed by atoms with van der Waals surface area (Å²) in [6.07, 6.45) is 0. The van der Waals surface area contributed by atoms with Crippen molar-refractivity contribution in [1.82, 2.24) is 25.0 Å². The molecule has 0 bridgehead atoms. The molecule has 0 aliphatic carbocycles. The maximum atomic E-state index is 12.2. The third kappa shape index (κ3) is 3.57.